The van der Waals surface area contributed by atoms with Gasteiger partial charge in [0.05, 0.1) is 12.2 Å². The predicted octanol–water partition coefficient (Wildman–Crippen LogP) is 3.64. The maximum atomic E-state index is 11.4. The number of aliphatic hydroxyl groups is 2. The molecule has 3 fully saturated rings. The average Bonchev–Trinajstić information content (AvgIpc) is 2.89. The second-order valence-corrected chi connectivity index (χ2v) is 9.22. The number of hydrogen-bond acceptors (Lipinski definition) is 3. The van der Waals surface area contributed by atoms with E-state index in [1.807, 2.05) is 0 Å². The van der Waals surface area contributed by atoms with Crippen molar-refractivity contribution in [3.63, 3.8) is 0 Å². The van der Waals surface area contributed by atoms with Gasteiger partial charge in [-0.2, -0.15) is 0 Å². The van der Waals surface area contributed by atoms with E-state index >= 15 is 0 Å². The molecule has 3 heteroatoms. The molecule has 0 amide bonds. The Labute approximate surface area is 147 Å². The van der Waals surface area contributed by atoms with Crippen LogP contribution in [-0.4, -0.2) is 29.0 Å². The lowest BCUT2D eigenvalue weighted by Gasteiger charge is -2.55. The van der Waals surface area contributed by atoms with Gasteiger partial charge in [-0.05, 0) is 93.4 Å². The standard InChI is InChI=1S/C21H37NO2/c1-4-14-5-6-17-19(24)18(8-11-20(14,17)2)21(3)10-7-16(23)13-15(21)9-12-22/h4,15-19,23-24H,5-13,22H2,1-3H3/t15?,16?,17?,18?,19-,20?,21?/m0/s1. The van der Waals surface area contributed by atoms with Gasteiger partial charge in [0.15, 0.2) is 0 Å². The Kier molecular flexibility index (Phi) is 5.17. The lowest BCUT2D eigenvalue weighted by Crippen LogP contribution is -2.53. The van der Waals surface area contributed by atoms with E-state index in [1.165, 1.54) is 6.42 Å². The van der Waals surface area contributed by atoms with Crippen LogP contribution in [0.1, 0.15) is 72.1 Å². The highest BCUT2D eigenvalue weighted by atomic mass is 16.3. The van der Waals surface area contributed by atoms with E-state index in [2.05, 4.69) is 26.8 Å². The summed E-state index contributed by atoms with van der Waals surface area (Å²) in [5, 5.41) is 21.5. The third kappa shape index (κ3) is 2.77. The average molecular weight is 336 g/mol. The van der Waals surface area contributed by atoms with Crippen LogP contribution in [0.2, 0.25) is 0 Å². The third-order valence-corrected chi connectivity index (χ3v) is 8.29. The minimum absolute atomic E-state index is 0.123. The van der Waals surface area contributed by atoms with Crippen molar-refractivity contribution in [1.29, 1.82) is 0 Å². The van der Waals surface area contributed by atoms with Crippen LogP contribution < -0.4 is 5.73 Å². The molecule has 4 N–H and O–H groups in total. The molecule has 0 saturated heterocycles. The molecule has 0 radical (unpaired) electrons. The molecule has 3 aliphatic carbocycles. The van der Waals surface area contributed by atoms with E-state index in [-0.39, 0.29) is 23.0 Å². The summed E-state index contributed by atoms with van der Waals surface area (Å²) < 4.78 is 0. The van der Waals surface area contributed by atoms with Crippen LogP contribution in [0, 0.1) is 28.6 Å². The van der Waals surface area contributed by atoms with Crippen molar-refractivity contribution in [2.75, 3.05) is 6.54 Å². The van der Waals surface area contributed by atoms with Crippen molar-refractivity contribution in [3.8, 4) is 0 Å². The smallest absolute Gasteiger partial charge is 0.0610 e. The molecule has 0 heterocycles. The zero-order valence-electron chi connectivity index (χ0n) is 15.8. The second-order valence-electron chi connectivity index (χ2n) is 9.22. The van der Waals surface area contributed by atoms with Crippen molar-refractivity contribution < 1.29 is 10.2 Å². The summed E-state index contributed by atoms with van der Waals surface area (Å²) in [5.41, 5.74) is 7.77. The lowest BCUT2D eigenvalue weighted by molar-refractivity contribution is -0.119. The molecule has 3 nitrogen and oxygen atoms in total. The molecule has 0 aromatic heterocycles. The second kappa shape index (κ2) is 6.74. The molecular weight excluding hydrogens is 298 g/mol. The highest BCUT2D eigenvalue weighted by molar-refractivity contribution is 5.23. The minimum atomic E-state index is -0.207. The van der Waals surface area contributed by atoms with Gasteiger partial charge in [0.25, 0.3) is 0 Å². The van der Waals surface area contributed by atoms with E-state index in [4.69, 9.17) is 5.73 Å². The van der Waals surface area contributed by atoms with Gasteiger partial charge in [0.1, 0.15) is 0 Å². The van der Waals surface area contributed by atoms with Gasteiger partial charge < -0.3 is 15.9 Å². The number of rotatable bonds is 3. The normalized spacial score (nSPS) is 50.9. The number of aliphatic hydroxyl groups excluding tert-OH is 2. The van der Waals surface area contributed by atoms with Gasteiger partial charge in [-0.15, -0.1) is 0 Å². The zero-order chi connectivity index (χ0) is 17.5. The first-order valence-electron chi connectivity index (χ1n) is 10.1. The molecule has 3 rings (SSSR count). The van der Waals surface area contributed by atoms with Gasteiger partial charge in [-0.25, -0.2) is 0 Å². The first-order chi connectivity index (χ1) is 11.4. The summed E-state index contributed by atoms with van der Waals surface area (Å²) in [6, 6.07) is 0. The Morgan fingerprint density at radius 3 is 2.54 bits per heavy atom. The molecule has 24 heavy (non-hydrogen) atoms. The fraction of sp³-hybridized carbons (Fsp3) is 0.905. The summed E-state index contributed by atoms with van der Waals surface area (Å²) >= 11 is 0. The monoisotopic (exact) mass is 335 g/mol. The fourth-order valence-electron chi connectivity index (χ4n) is 6.68. The molecule has 0 aliphatic heterocycles. The summed E-state index contributed by atoms with van der Waals surface area (Å²) in [6.07, 6.45) is 10.2. The highest BCUT2D eigenvalue weighted by Crippen LogP contribution is 2.61. The maximum absolute atomic E-state index is 11.4. The van der Waals surface area contributed by atoms with Crippen LogP contribution in [0.15, 0.2) is 11.6 Å². The first-order valence-corrected chi connectivity index (χ1v) is 10.1. The molecule has 3 aliphatic rings. The Hall–Kier alpha value is -0.380. The summed E-state index contributed by atoms with van der Waals surface area (Å²) in [6.45, 7) is 7.59. The van der Waals surface area contributed by atoms with Crippen molar-refractivity contribution in [1.82, 2.24) is 0 Å². The fourth-order valence-corrected chi connectivity index (χ4v) is 6.68. The summed E-state index contributed by atoms with van der Waals surface area (Å²) in [5.74, 6) is 1.21. The first kappa shape index (κ1) is 18.4. The van der Waals surface area contributed by atoms with Crippen LogP contribution in [-0.2, 0) is 0 Å². The Morgan fingerprint density at radius 2 is 1.88 bits per heavy atom. The molecule has 3 saturated carbocycles. The van der Waals surface area contributed by atoms with E-state index in [9.17, 15) is 10.2 Å². The van der Waals surface area contributed by atoms with E-state index in [1.54, 1.807) is 5.57 Å². The van der Waals surface area contributed by atoms with Crippen LogP contribution >= 0.6 is 0 Å². The lowest BCUT2D eigenvalue weighted by atomic mass is 9.51. The van der Waals surface area contributed by atoms with Crippen LogP contribution in [0.4, 0.5) is 0 Å². The summed E-state index contributed by atoms with van der Waals surface area (Å²) in [7, 11) is 0. The van der Waals surface area contributed by atoms with Gasteiger partial charge in [-0.1, -0.05) is 25.5 Å². The van der Waals surface area contributed by atoms with E-state index in [0.29, 0.717) is 24.3 Å². The van der Waals surface area contributed by atoms with Gasteiger partial charge in [-0.3, -0.25) is 0 Å². The highest BCUT2D eigenvalue weighted by Gasteiger charge is 2.56. The number of fused-ring (bicyclic) bond motifs is 1. The van der Waals surface area contributed by atoms with Gasteiger partial charge in [0, 0.05) is 0 Å². The molecule has 138 valence electrons. The van der Waals surface area contributed by atoms with Crippen molar-refractivity contribution in [3.05, 3.63) is 11.6 Å². The van der Waals surface area contributed by atoms with E-state index < -0.39 is 0 Å². The molecule has 0 spiro atoms. The van der Waals surface area contributed by atoms with Crippen molar-refractivity contribution in [2.45, 2.75) is 84.3 Å². The molecule has 0 aromatic carbocycles. The Balaban J connectivity index is 1.84. The number of allylic oxidation sites excluding steroid dienone is 2. The largest absolute Gasteiger partial charge is 0.393 e. The quantitative estimate of drug-likeness (QED) is 0.690. The third-order valence-electron chi connectivity index (χ3n) is 8.29. The molecule has 0 bridgehead atoms. The van der Waals surface area contributed by atoms with Gasteiger partial charge >= 0.3 is 0 Å². The Bertz CT molecular complexity index is 490. The predicted molar refractivity (Wildman–Crippen MR) is 98.4 cm³/mol. The Morgan fingerprint density at radius 1 is 1.12 bits per heavy atom. The van der Waals surface area contributed by atoms with E-state index in [0.717, 1.165) is 44.9 Å². The van der Waals surface area contributed by atoms with Crippen LogP contribution in [0.3, 0.4) is 0 Å². The minimum Gasteiger partial charge on any atom is -0.393 e. The molecular formula is C21H37NO2. The summed E-state index contributed by atoms with van der Waals surface area (Å²) in [4.78, 5) is 0. The molecule has 6 unspecified atom stereocenters. The molecule has 7 atom stereocenters. The van der Waals surface area contributed by atoms with Crippen LogP contribution in [0.25, 0.3) is 0 Å². The topological polar surface area (TPSA) is 66.5 Å². The van der Waals surface area contributed by atoms with Crippen molar-refractivity contribution >= 4 is 0 Å². The number of hydrogen-bond donors (Lipinski definition) is 3. The SMILES string of the molecule is CC=C1CCC2[C@H](O)C(C3(C)CCC(O)CC3CCN)CCC12C. The maximum Gasteiger partial charge on any atom is 0.0610 e. The number of nitrogens with two attached hydrogens (primary N) is 1. The van der Waals surface area contributed by atoms with Gasteiger partial charge in [0.2, 0.25) is 0 Å². The van der Waals surface area contributed by atoms with Crippen molar-refractivity contribution in [2.24, 2.45) is 34.3 Å². The van der Waals surface area contributed by atoms with Crippen LogP contribution in [0.5, 0.6) is 0 Å². The zero-order valence-corrected chi connectivity index (χ0v) is 15.8. The molecule has 0 aromatic rings.